The summed E-state index contributed by atoms with van der Waals surface area (Å²) in [5.74, 6) is 0. The second kappa shape index (κ2) is 4.26. The van der Waals surface area contributed by atoms with E-state index in [4.69, 9.17) is 12.2 Å². The average molecular weight is 249 g/mol. The molecule has 0 atom stereocenters. The van der Waals surface area contributed by atoms with Crippen LogP contribution in [-0.4, -0.2) is 14.5 Å². The van der Waals surface area contributed by atoms with E-state index in [0.29, 0.717) is 0 Å². The smallest absolute Gasteiger partial charge is 0.179 e. The fraction of sp³-hybridized carbons (Fsp3) is 0.538. The van der Waals surface area contributed by atoms with E-state index in [1.54, 1.807) is 0 Å². The van der Waals surface area contributed by atoms with Crippen molar-refractivity contribution in [3.63, 3.8) is 0 Å². The molecule has 2 aromatic rings. The summed E-state index contributed by atoms with van der Waals surface area (Å²) in [6, 6.07) is 4.06. The van der Waals surface area contributed by atoms with E-state index < -0.39 is 0 Å². The third-order valence-corrected chi connectivity index (χ3v) is 4.02. The van der Waals surface area contributed by atoms with Crippen molar-refractivity contribution < 1.29 is 0 Å². The van der Waals surface area contributed by atoms with Crippen LogP contribution in [0.2, 0.25) is 0 Å². The second-order valence-electron chi connectivity index (χ2n) is 4.79. The van der Waals surface area contributed by atoms with E-state index in [0.717, 1.165) is 34.5 Å². The number of nitrogens with zero attached hydrogens (tertiary/aromatic N) is 2. The van der Waals surface area contributed by atoms with Crippen LogP contribution in [-0.2, 0) is 5.54 Å². The highest BCUT2D eigenvalue weighted by Crippen LogP contribution is 2.28. The van der Waals surface area contributed by atoms with Gasteiger partial charge in [0.15, 0.2) is 10.4 Å². The fourth-order valence-corrected chi connectivity index (χ4v) is 2.56. The first-order valence-corrected chi connectivity index (χ1v) is 6.51. The number of pyridine rings is 1. The summed E-state index contributed by atoms with van der Waals surface area (Å²) in [7, 11) is 0. The molecule has 2 heterocycles. The number of aromatic nitrogens is 3. The zero-order valence-electron chi connectivity index (χ0n) is 10.9. The molecule has 0 unspecified atom stereocenters. The first-order chi connectivity index (χ1) is 8.01. The number of hydrogen-bond donors (Lipinski definition) is 1. The van der Waals surface area contributed by atoms with Crippen LogP contribution in [0.4, 0.5) is 0 Å². The number of imidazole rings is 1. The van der Waals surface area contributed by atoms with Crippen LogP contribution >= 0.6 is 12.2 Å². The lowest BCUT2D eigenvalue weighted by atomic mass is 9.95. The van der Waals surface area contributed by atoms with Gasteiger partial charge in [0.05, 0.1) is 5.52 Å². The van der Waals surface area contributed by atoms with E-state index >= 15 is 0 Å². The molecule has 0 aliphatic rings. The van der Waals surface area contributed by atoms with Crippen molar-refractivity contribution in [1.82, 2.24) is 14.5 Å². The first kappa shape index (κ1) is 12.3. The Labute approximate surface area is 107 Å². The van der Waals surface area contributed by atoms with E-state index in [9.17, 15) is 0 Å². The second-order valence-corrected chi connectivity index (χ2v) is 5.18. The number of fused-ring (bicyclic) bond motifs is 1. The maximum absolute atomic E-state index is 5.44. The standard InChI is InChI=1S/C13H19N3S/c1-5-13(4,6-2)16-11-10(15-12(16)17)8-7-9(3)14-11/h7-8H,5-6H2,1-4H3,(H,15,17). The highest BCUT2D eigenvalue weighted by atomic mass is 32.1. The van der Waals surface area contributed by atoms with Gasteiger partial charge in [-0.2, -0.15) is 0 Å². The summed E-state index contributed by atoms with van der Waals surface area (Å²) >= 11 is 5.44. The van der Waals surface area contributed by atoms with Crippen LogP contribution in [0.1, 0.15) is 39.3 Å². The van der Waals surface area contributed by atoms with Gasteiger partial charge in [0, 0.05) is 11.2 Å². The molecule has 1 N–H and O–H groups in total. The van der Waals surface area contributed by atoms with Crippen LogP contribution in [0.5, 0.6) is 0 Å². The monoisotopic (exact) mass is 249 g/mol. The lowest BCUT2D eigenvalue weighted by Gasteiger charge is -2.29. The van der Waals surface area contributed by atoms with Crippen molar-refractivity contribution in [2.45, 2.75) is 46.1 Å². The molecule has 0 aromatic carbocycles. The van der Waals surface area contributed by atoms with Gasteiger partial charge in [-0.25, -0.2) is 4.98 Å². The van der Waals surface area contributed by atoms with E-state index in [1.165, 1.54) is 0 Å². The molecular formula is C13H19N3S. The van der Waals surface area contributed by atoms with Gasteiger partial charge in [-0.3, -0.25) is 4.57 Å². The maximum Gasteiger partial charge on any atom is 0.179 e. The fourth-order valence-electron chi connectivity index (χ4n) is 2.15. The molecule has 2 rings (SSSR count). The summed E-state index contributed by atoms with van der Waals surface area (Å²) in [5, 5.41) is 0. The highest BCUT2D eigenvalue weighted by molar-refractivity contribution is 7.71. The molecule has 0 saturated carbocycles. The van der Waals surface area contributed by atoms with Crippen LogP contribution < -0.4 is 0 Å². The minimum atomic E-state index is 0.0378. The van der Waals surface area contributed by atoms with Gasteiger partial charge in [-0.1, -0.05) is 13.8 Å². The normalized spacial score (nSPS) is 12.2. The van der Waals surface area contributed by atoms with Crippen LogP contribution in [0.3, 0.4) is 0 Å². The van der Waals surface area contributed by atoms with Crippen molar-refractivity contribution in [1.29, 1.82) is 0 Å². The SMILES string of the molecule is CCC(C)(CC)n1c(=S)[nH]c2ccc(C)nc21. The summed E-state index contributed by atoms with van der Waals surface area (Å²) in [6.45, 7) is 8.63. The van der Waals surface area contributed by atoms with Gasteiger partial charge in [-0.05, 0) is 51.0 Å². The maximum atomic E-state index is 5.44. The minimum absolute atomic E-state index is 0.0378. The Kier molecular flexibility index (Phi) is 3.08. The summed E-state index contributed by atoms with van der Waals surface area (Å²) in [5.41, 5.74) is 3.06. The Bertz CT molecular complexity index is 590. The van der Waals surface area contributed by atoms with Gasteiger partial charge in [0.1, 0.15) is 0 Å². The molecule has 2 aromatic heterocycles. The van der Waals surface area contributed by atoms with Gasteiger partial charge in [0.25, 0.3) is 0 Å². The number of H-pyrrole nitrogens is 1. The average Bonchev–Trinajstić information content (AvgIpc) is 2.64. The van der Waals surface area contributed by atoms with Crippen molar-refractivity contribution in [2.75, 3.05) is 0 Å². The quantitative estimate of drug-likeness (QED) is 0.836. The number of nitrogens with one attached hydrogen (secondary N) is 1. The Hall–Kier alpha value is -1.16. The van der Waals surface area contributed by atoms with Crippen molar-refractivity contribution in [3.05, 3.63) is 22.6 Å². The molecule has 0 fully saturated rings. The zero-order valence-corrected chi connectivity index (χ0v) is 11.7. The molecule has 0 radical (unpaired) electrons. The number of aromatic amines is 1. The number of aryl methyl sites for hydroxylation is 1. The molecule has 0 amide bonds. The van der Waals surface area contributed by atoms with E-state index in [1.807, 2.05) is 13.0 Å². The molecular weight excluding hydrogens is 230 g/mol. The Morgan fingerprint density at radius 3 is 2.59 bits per heavy atom. The lowest BCUT2D eigenvalue weighted by molar-refractivity contribution is 0.298. The molecule has 0 bridgehead atoms. The van der Waals surface area contributed by atoms with Crippen LogP contribution in [0.25, 0.3) is 11.2 Å². The van der Waals surface area contributed by atoms with Crippen molar-refractivity contribution in [2.24, 2.45) is 0 Å². The largest absolute Gasteiger partial charge is 0.329 e. The molecule has 3 nitrogen and oxygen atoms in total. The molecule has 0 aliphatic heterocycles. The number of rotatable bonds is 3. The predicted molar refractivity (Wildman–Crippen MR) is 73.9 cm³/mol. The topological polar surface area (TPSA) is 33.6 Å². The summed E-state index contributed by atoms with van der Waals surface area (Å²) in [6.07, 6.45) is 2.08. The van der Waals surface area contributed by atoms with E-state index in [2.05, 4.69) is 41.4 Å². The van der Waals surface area contributed by atoms with Gasteiger partial charge >= 0.3 is 0 Å². The van der Waals surface area contributed by atoms with Gasteiger partial charge in [-0.15, -0.1) is 0 Å². The first-order valence-electron chi connectivity index (χ1n) is 6.10. The van der Waals surface area contributed by atoms with Crippen molar-refractivity contribution in [3.8, 4) is 0 Å². The van der Waals surface area contributed by atoms with E-state index in [-0.39, 0.29) is 5.54 Å². The molecule has 0 aliphatic carbocycles. The molecule has 0 saturated heterocycles. The number of hydrogen-bond acceptors (Lipinski definition) is 2. The van der Waals surface area contributed by atoms with Gasteiger partial charge in [0.2, 0.25) is 0 Å². The van der Waals surface area contributed by atoms with Crippen LogP contribution in [0.15, 0.2) is 12.1 Å². The van der Waals surface area contributed by atoms with Crippen molar-refractivity contribution >= 4 is 23.4 Å². The minimum Gasteiger partial charge on any atom is -0.329 e. The Morgan fingerprint density at radius 2 is 2.00 bits per heavy atom. The third kappa shape index (κ3) is 1.90. The predicted octanol–water partition coefficient (Wildman–Crippen LogP) is 3.94. The molecule has 0 spiro atoms. The van der Waals surface area contributed by atoms with Crippen LogP contribution in [0, 0.1) is 11.7 Å². The zero-order chi connectivity index (χ0) is 12.6. The Morgan fingerprint density at radius 1 is 1.35 bits per heavy atom. The van der Waals surface area contributed by atoms with Gasteiger partial charge < -0.3 is 4.98 Å². The molecule has 17 heavy (non-hydrogen) atoms. The molecule has 4 heteroatoms. The Balaban J connectivity index is 2.80. The third-order valence-electron chi connectivity index (χ3n) is 3.73. The highest BCUT2D eigenvalue weighted by Gasteiger charge is 2.25. The summed E-state index contributed by atoms with van der Waals surface area (Å²) in [4.78, 5) is 7.87. The lowest BCUT2D eigenvalue weighted by Crippen LogP contribution is -2.28. The summed E-state index contributed by atoms with van der Waals surface area (Å²) < 4.78 is 2.94. The molecule has 92 valence electrons.